The number of hydrogen-bond acceptors (Lipinski definition) is 5. The van der Waals surface area contributed by atoms with Crippen molar-refractivity contribution in [1.29, 1.82) is 0 Å². The van der Waals surface area contributed by atoms with Crippen molar-refractivity contribution in [2.75, 3.05) is 32.8 Å². The molecule has 4 heterocycles. The van der Waals surface area contributed by atoms with Crippen LogP contribution in [-0.4, -0.2) is 52.1 Å². The maximum Gasteiger partial charge on any atom is 0.133 e. The van der Waals surface area contributed by atoms with Crippen molar-refractivity contribution in [3.05, 3.63) is 41.9 Å². The quantitative estimate of drug-likeness (QED) is 0.834. The highest BCUT2D eigenvalue weighted by Crippen LogP contribution is 2.29. The first-order valence-corrected chi connectivity index (χ1v) is 9.39. The molecule has 0 radical (unpaired) electrons. The van der Waals surface area contributed by atoms with Gasteiger partial charge in [0.25, 0.3) is 0 Å². The van der Waals surface area contributed by atoms with Crippen LogP contribution in [0.3, 0.4) is 0 Å². The van der Waals surface area contributed by atoms with Gasteiger partial charge in [-0.05, 0) is 31.4 Å². The largest absolute Gasteiger partial charge is 0.462 e. The zero-order chi connectivity index (χ0) is 17.1. The van der Waals surface area contributed by atoms with Crippen LogP contribution in [0.2, 0.25) is 0 Å². The molecule has 0 saturated carbocycles. The number of ether oxygens (including phenoxy) is 1. The molecular weight excluding hydrogens is 316 g/mol. The standard InChI is InChI=1S/C19H28N4O2/c1-21-8-7-20-19(21)15-23-11-9-22(10-12-23)14-16-5-6-18(25-16)17-4-2-3-13-24-17/h5-8,17H,2-4,9-15H2,1H3. The van der Waals surface area contributed by atoms with Gasteiger partial charge in [-0.1, -0.05) is 0 Å². The first-order chi connectivity index (χ1) is 12.3. The Morgan fingerprint density at radius 1 is 1.08 bits per heavy atom. The highest BCUT2D eigenvalue weighted by molar-refractivity contribution is 5.10. The summed E-state index contributed by atoms with van der Waals surface area (Å²) in [5.74, 6) is 3.20. The lowest BCUT2D eigenvalue weighted by molar-refractivity contribution is 0.000624. The average Bonchev–Trinajstić information content (AvgIpc) is 3.27. The van der Waals surface area contributed by atoms with E-state index in [1.807, 2.05) is 12.4 Å². The minimum atomic E-state index is 0.164. The number of piperazine rings is 1. The fourth-order valence-electron chi connectivity index (χ4n) is 3.69. The molecule has 0 bridgehead atoms. The first-order valence-electron chi connectivity index (χ1n) is 9.39. The second-order valence-corrected chi connectivity index (χ2v) is 7.17. The predicted octanol–water partition coefficient (Wildman–Crippen LogP) is 2.57. The summed E-state index contributed by atoms with van der Waals surface area (Å²) in [7, 11) is 2.06. The Balaban J connectivity index is 1.26. The van der Waals surface area contributed by atoms with E-state index < -0.39 is 0 Å². The fourth-order valence-corrected chi connectivity index (χ4v) is 3.69. The van der Waals surface area contributed by atoms with Crippen molar-refractivity contribution in [2.24, 2.45) is 7.05 Å². The fraction of sp³-hybridized carbons (Fsp3) is 0.632. The van der Waals surface area contributed by atoms with Gasteiger partial charge in [0.05, 0.1) is 13.1 Å². The second-order valence-electron chi connectivity index (χ2n) is 7.17. The van der Waals surface area contributed by atoms with Crippen LogP contribution in [0.4, 0.5) is 0 Å². The van der Waals surface area contributed by atoms with Crippen LogP contribution >= 0.6 is 0 Å². The van der Waals surface area contributed by atoms with E-state index in [0.29, 0.717) is 0 Å². The van der Waals surface area contributed by atoms with Gasteiger partial charge in [-0.25, -0.2) is 4.98 Å². The maximum atomic E-state index is 6.06. The van der Waals surface area contributed by atoms with Gasteiger partial charge >= 0.3 is 0 Å². The summed E-state index contributed by atoms with van der Waals surface area (Å²) in [5.41, 5.74) is 0. The lowest BCUT2D eigenvalue weighted by atomic mass is 10.1. The van der Waals surface area contributed by atoms with Crippen LogP contribution in [0.25, 0.3) is 0 Å². The molecule has 6 heteroatoms. The molecule has 0 N–H and O–H groups in total. The summed E-state index contributed by atoms with van der Waals surface area (Å²) >= 11 is 0. The van der Waals surface area contributed by atoms with Crippen LogP contribution in [-0.2, 0) is 24.9 Å². The molecule has 2 fully saturated rings. The van der Waals surface area contributed by atoms with Gasteiger partial charge in [-0.15, -0.1) is 0 Å². The summed E-state index contributed by atoms with van der Waals surface area (Å²) in [6.07, 6.45) is 7.54. The summed E-state index contributed by atoms with van der Waals surface area (Å²) in [4.78, 5) is 9.37. The van der Waals surface area contributed by atoms with Crippen molar-refractivity contribution in [2.45, 2.75) is 38.5 Å². The molecule has 1 unspecified atom stereocenters. The van der Waals surface area contributed by atoms with Crippen molar-refractivity contribution < 1.29 is 9.15 Å². The molecule has 2 saturated heterocycles. The van der Waals surface area contributed by atoms with E-state index in [4.69, 9.17) is 9.15 Å². The van der Waals surface area contributed by atoms with E-state index >= 15 is 0 Å². The molecule has 0 aromatic carbocycles. The van der Waals surface area contributed by atoms with E-state index in [0.717, 1.165) is 69.6 Å². The van der Waals surface area contributed by atoms with Crippen molar-refractivity contribution in [1.82, 2.24) is 19.4 Å². The predicted molar refractivity (Wildman–Crippen MR) is 95.0 cm³/mol. The summed E-state index contributed by atoms with van der Waals surface area (Å²) in [5, 5.41) is 0. The Hall–Kier alpha value is -1.63. The van der Waals surface area contributed by atoms with Gasteiger partial charge in [0, 0.05) is 52.2 Å². The number of imidazole rings is 1. The molecule has 25 heavy (non-hydrogen) atoms. The molecule has 136 valence electrons. The van der Waals surface area contributed by atoms with Crippen LogP contribution < -0.4 is 0 Å². The Bertz CT molecular complexity index is 667. The number of aryl methyl sites for hydroxylation is 1. The van der Waals surface area contributed by atoms with E-state index in [2.05, 4.69) is 38.5 Å². The van der Waals surface area contributed by atoms with Gasteiger partial charge in [0.15, 0.2) is 0 Å². The molecule has 0 amide bonds. The molecule has 0 spiro atoms. The van der Waals surface area contributed by atoms with Gasteiger partial charge < -0.3 is 13.7 Å². The lowest BCUT2D eigenvalue weighted by Gasteiger charge is -2.34. The van der Waals surface area contributed by atoms with Crippen LogP contribution in [0.5, 0.6) is 0 Å². The molecule has 2 aliphatic rings. The third-order valence-corrected chi connectivity index (χ3v) is 5.31. The minimum absolute atomic E-state index is 0.164. The Labute approximate surface area is 149 Å². The van der Waals surface area contributed by atoms with Crippen molar-refractivity contribution >= 4 is 0 Å². The number of aromatic nitrogens is 2. The molecule has 1 atom stereocenters. The zero-order valence-electron chi connectivity index (χ0n) is 15.1. The maximum absolute atomic E-state index is 6.06. The van der Waals surface area contributed by atoms with Crippen molar-refractivity contribution in [3.63, 3.8) is 0 Å². The van der Waals surface area contributed by atoms with Gasteiger partial charge in [0.2, 0.25) is 0 Å². The van der Waals surface area contributed by atoms with E-state index in [9.17, 15) is 0 Å². The summed E-state index contributed by atoms with van der Waals surface area (Å²) in [6, 6.07) is 4.22. The number of furan rings is 1. The third-order valence-electron chi connectivity index (χ3n) is 5.31. The van der Waals surface area contributed by atoms with Crippen LogP contribution in [0.1, 0.15) is 42.7 Å². The molecule has 6 nitrogen and oxygen atoms in total. The van der Waals surface area contributed by atoms with Crippen LogP contribution in [0.15, 0.2) is 28.9 Å². The highest BCUT2D eigenvalue weighted by atomic mass is 16.5. The molecule has 0 aliphatic carbocycles. The Morgan fingerprint density at radius 3 is 2.56 bits per heavy atom. The number of hydrogen-bond donors (Lipinski definition) is 0. The lowest BCUT2D eigenvalue weighted by Crippen LogP contribution is -2.45. The van der Waals surface area contributed by atoms with Crippen molar-refractivity contribution in [3.8, 4) is 0 Å². The molecule has 2 aliphatic heterocycles. The van der Waals surface area contributed by atoms with Gasteiger partial charge in [0.1, 0.15) is 23.4 Å². The SMILES string of the molecule is Cn1ccnc1CN1CCN(Cc2ccc(C3CCCCO3)o2)CC1. The number of nitrogens with zero attached hydrogens (tertiary/aromatic N) is 4. The smallest absolute Gasteiger partial charge is 0.133 e. The van der Waals surface area contributed by atoms with Gasteiger partial charge in [-0.3, -0.25) is 9.80 Å². The second kappa shape index (κ2) is 7.72. The van der Waals surface area contributed by atoms with Crippen LogP contribution in [0, 0.1) is 0 Å². The zero-order valence-corrected chi connectivity index (χ0v) is 15.1. The van der Waals surface area contributed by atoms with Gasteiger partial charge in [-0.2, -0.15) is 0 Å². The highest BCUT2D eigenvalue weighted by Gasteiger charge is 2.22. The van der Waals surface area contributed by atoms with E-state index in [1.165, 1.54) is 12.8 Å². The Morgan fingerprint density at radius 2 is 1.88 bits per heavy atom. The van der Waals surface area contributed by atoms with E-state index in [1.54, 1.807) is 0 Å². The monoisotopic (exact) mass is 344 g/mol. The minimum Gasteiger partial charge on any atom is -0.462 e. The topological polar surface area (TPSA) is 46.7 Å². The molecule has 2 aromatic rings. The normalized spacial score (nSPS) is 23.2. The summed E-state index contributed by atoms with van der Waals surface area (Å²) in [6.45, 7) is 6.97. The van der Waals surface area contributed by atoms with E-state index in [-0.39, 0.29) is 6.10 Å². The number of rotatable bonds is 5. The first kappa shape index (κ1) is 16.8. The Kier molecular flexibility index (Phi) is 5.20. The molecule has 4 rings (SSSR count). The molecular formula is C19H28N4O2. The molecule has 2 aromatic heterocycles. The summed E-state index contributed by atoms with van der Waals surface area (Å²) < 4.78 is 14.0. The third kappa shape index (κ3) is 4.14. The average molecular weight is 344 g/mol.